The average Bonchev–Trinajstić information content (AvgIpc) is 2.90. The van der Waals surface area contributed by atoms with Gasteiger partial charge in [0.25, 0.3) is 0 Å². The van der Waals surface area contributed by atoms with Gasteiger partial charge in [0.1, 0.15) is 0 Å². The maximum atomic E-state index is 11.4. The Morgan fingerprint density at radius 3 is 3.00 bits per heavy atom. The van der Waals surface area contributed by atoms with E-state index in [1.807, 2.05) is 0 Å². The first-order valence-corrected chi connectivity index (χ1v) is 5.16. The molecular weight excluding hydrogens is 180 g/mol. The molecule has 2 rings (SSSR count). The summed E-state index contributed by atoms with van der Waals surface area (Å²) in [7, 11) is 0. The number of H-pyrrole nitrogens is 1. The molecule has 0 amide bonds. The summed E-state index contributed by atoms with van der Waals surface area (Å²) >= 11 is 0. The lowest BCUT2D eigenvalue weighted by atomic mass is 10.2. The molecule has 14 heavy (non-hydrogen) atoms. The molecule has 1 aliphatic rings. The third kappa shape index (κ3) is 1.59. The van der Waals surface area contributed by atoms with Crippen LogP contribution in [0.2, 0.25) is 0 Å². The van der Waals surface area contributed by atoms with E-state index >= 15 is 0 Å². The molecule has 1 saturated carbocycles. The third-order valence-corrected chi connectivity index (χ3v) is 2.58. The van der Waals surface area contributed by atoms with Crippen molar-refractivity contribution in [2.24, 2.45) is 5.73 Å². The minimum atomic E-state index is -0.117. The van der Waals surface area contributed by atoms with Crippen LogP contribution in [-0.4, -0.2) is 14.8 Å². The number of hydrogen-bond acceptors (Lipinski definition) is 3. The van der Waals surface area contributed by atoms with Crippen molar-refractivity contribution in [1.82, 2.24) is 14.8 Å². The standard InChI is InChI=1S/C9H16N4O/c1-2-3-7(10)8-11-12-9(14)13(8)6-4-5-6/h6-7H,2-5,10H2,1H3,(H,12,14). The molecule has 1 aliphatic carbocycles. The monoisotopic (exact) mass is 196 g/mol. The van der Waals surface area contributed by atoms with E-state index in [-0.39, 0.29) is 11.7 Å². The van der Waals surface area contributed by atoms with Gasteiger partial charge in [-0.1, -0.05) is 13.3 Å². The Labute approximate surface area is 82.3 Å². The molecule has 0 aromatic carbocycles. The second kappa shape index (κ2) is 3.57. The normalized spacial score (nSPS) is 18.4. The van der Waals surface area contributed by atoms with Crippen molar-refractivity contribution in [3.63, 3.8) is 0 Å². The van der Waals surface area contributed by atoms with Crippen molar-refractivity contribution in [3.8, 4) is 0 Å². The van der Waals surface area contributed by atoms with Gasteiger partial charge in [0.2, 0.25) is 0 Å². The predicted octanol–water partition coefficient (Wildman–Crippen LogP) is 0.706. The number of aromatic amines is 1. The molecule has 1 aromatic heterocycles. The van der Waals surface area contributed by atoms with E-state index in [4.69, 9.17) is 5.73 Å². The summed E-state index contributed by atoms with van der Waals surface area (Å²) in [6.45, 7) is 2.08. The Morgan fingerprint density at radius 2 is 2.43 bits per heavy atom. The SMILES string of the molecule is CCCC(N)c1n[nH]c(=O)n1C1CC1. The fourth-order valence-corrected chi connectivity index (χ4v) is 1.70. The van der Waals surface area contributed by atoms with Crippen LogP contribution in [0.15, 0.2) is 4.79 Å². The molecule has 78 valence electrons. The van der Waals surface area contributed by atoms with Gasteiger partial charge in [-0.05, 0) is 19.3 Å². The van der Waals surface area contributed by atoms with Crippen LogP contribution in [0.25, 0.3) is 0 Å². The van der Waals surface area contributed by atoms with Gasteiger partial charge in [-0.3, -0.25) is 4.57 Å². The Bertz CT molecular complexity index is 363. The third-order valence-electron chi connectivity index (χ3n) is 2.58. The van der Waals surface area contributed by atoms with E-state index < -0.39 is 0 Å². The zero-order valence-electron chi connectivity index (χ0n) is 8.36. The van der Waals surface area contributed by atoms with Crippen LogP contribution in [0.3, 0.4) is 0 Å². The predicted molar refractivity (Wildman–Crippen MR) is 53.0 cm³/mol. The van der Waals surface area contributed by atoms with Gasteiger partial charge >= 0.3 is 5.69 Å². The minimum absolute atomic E-state index is 0.112. The quantitative estimate of drug-likeness (QED) is 0.744. The number of nitrogens with zero attached hydrogens (tertiary/aromatic N) is 2. The van der Waals surface area contributed by atoms with Crippen molar-refractivity contribution >= 4 is 0 Å². The van der Waals surface area contributed by atoms with Crippen molar-refractivity contribution in [1.29, 1.82) is 0 Å². The molecule has 5 nitrogen and oxygen atoms in total. The Kier molecular flexibility index (Phi) is 2.41. The highest BCUT2D eigenvalue weighted by Crippen LogP contribution is 2.35. The summed E-state index contributed by atoms with van der Waals surface area (Å²) < 4.78 is 1.72. The molecular formula is C9H16N4O. The van der Waals surface area contributed by atoms with Crippen LogP contribution in [-0.2, 0) is 0 Å². The second-order valence-electron chi connectivity index (χ2n) is 3.88. The molecule has 1 atom stereocenters. The summed E-state index contributed by atoms with van der Waals surface area (Å²) in [5.41, 5.74) is 5.83. The topological polar surface area (TPSA) is 76.7 Å². The molecule has 1 unspecified atom stereocenters. The molecule has 0 spiro atoms. The molecule has 1 fully saturated rings. The lowest BCUT2D eigenvalue weighted by Crippen LogP contribution is -2.22. The maximum Gasteiger partial charge on any atom is 0.343 e. The fraction of sp³-hybridized carbons (Fsp3) is 0.778. The highest BCUT2D eigenvalue weighted by Gasteiger charge is 2.29. The minimum Gasteiger partial charge on any atom is -0.321 e. The van der Waals surface area contributed by atoms with Crippen molar-refractivity contribution < 1.29 is 0 Å². The lowest BCUT2D eigenvalue weighted by Gasteiger charge is -2.10. The molecule has 0 bridgehead atoms. The maximum absolute atomic E-state index is 11.4. The van der Waals surface area contributed by atoms with E-state index in [1.165, 1.54) is 0 Å². The van der Waals surface area contributed by atoms with Gasteiger partial charge in [-0.25, -0.2) is 9.89 Å². The molecule has 1 aromatic rings. The van der Waals surface area contributed by atoms with E-state index in [0.717, 1.165) is 31.5 Å². The average molecular weight is 196 g/mol. The molecule has 3 N–H and O–H groups in total. The zero-order valence-corrected chi connectivity index (χ0v) is 8.36. The second-order valence-corrected chi connectivity index (χ2v) is 3.88. The van der Waals surface area contributed by atoms with Crippen LogP contribution in [0.1, 0.15) is 50.5 Å². The molecule has 0 aliphatic heterocycles. The fourth-order valence-electron chi connectivity index (χ4n) is 1.70. The van der Waals surface area contributed by atoms with Gasteiger partial charge in [-0.2, -0.15) is 5.10 Å². The highest BCUT2D eigenvalue weighted by molar-refractivity contribution is 4.99. The van der Waals surface area contributed by atoms with E-state index in [9.17, 15) is 4.79 Å². The van der Waals surface area contributed by atoms with E-state index in [0.29, 0.717) is 6.04 Å². The summed E-state index contributed by atoms with van der Waals surface area (Å²) in [5, 5.41) is 6.47. The summed E-state index contributed by atoms with van der Waals surface area (Å²) in [5.74, 6) is 0.722. The van der Waals surface area contributed by atoms with Crippen molar-refractivity contribution in [2.75, 3.05) is 0 Å². The Hall–Kier alpha value is -1.10. The summed E-state index contributed by atoms with van der Waals surface area (Å²) in [6, 6.07) is 0.235. The number of aromatic nitrogens is 3. The number of rotatable bonds is 4. The lowest BCUT2D eigenvalue weighted by molar-refractivity contribution is 0.548. The first kappa shape index (κ1) is 9.45. The van der Waals surface area contributed by atoms with Gasteiger partial charge < -0.3 is 5.73 Å². The van der Waals surface area contributed by atoms with E-state index in [1.54, 1.807) is 4.57 Å². The summed E-state index contributed by atoms with van der Waals surface area (Å²) in [4.78, 5) is 11.4. The van der Waals surface area contributed by atoms with Crippen LogP contribution in [0, 0.1) is 0 Å². The molecule has 5 heteroatoms. The van der Waals surface area contributed by atoms with Gasteiger partial charge in [0, 0.05) is 6.04 Å². The largest absolute Gasteiger partial charge is 0.343 e. The molecule has 1 heterocycles. The van der Waals surface area contributed by atoms with Gasteiger partial charge in [0.15, 0.2) is 5.82 Å². The first-order chi connectivity index (χ1) is 6.74. The molecule has 0 saturated heterocycles. The first-order valence-electron chi connectivity index (χ1n) is 5.16. The van der Waals surface area contributed by atoms with Crippen molar-refractivity contribution in [2.45, 2.75) is 44.7 Å². The smallest absolute Gasteiger partial charge is 0.321 e. The van der Waals surface area contributed by atoms with Crippen LogP contribution in [0.5, 0.6) is 0 Å². The van der Waals surface area contributed by atoms with Crippen LogP contribution in [0.4, 0.5) is 0 Å². The molecule has 0 radical (unpaired) electrons. The van der Waals surface area contributed by atoms with Gasteiger partial charge in [-0.15, -0.1) is 0 Å². The van der Waals surface area contributed by atoms with Crippen LogP contribution < -0.4 is 11.4 Å². The number of nitrogens with two attached hydrogens (primary N) is 1. The number of hydrogen-bond donors (Lipinski definition) is 2. The Morgan fingerprint density at radius 1 is 1.71 bits per heavy atom. The van der Waals surface area contributed by atoms with Crippen molar-refractivity contribution in [3.05, 3.63) is 16.3 Å². The van der Waals surface area contributed by atoms with E-state index in [2.05, 4.69) is 17.1 Å². The zero-order chi connectivity index (χ0) is 10.1. The number of nitrogens with one attached hydrogen (secondary N) is 1. The Balaban J connectivity index is 2.27. The summed E-state index contributed by atoms with van der Waals surface area (Å²) in [6.07, 6.45) is 4.03. The highest BCUT2D eigenvalue weighted by atomic mass is 16.1. The van der Waals surface area contributed by atoms with Crippen LogP contribution >= 0.6 is 0 Å². The van der Waals surface area contributed by atoms with Gasteiger partial charge in [0.05, 0.1) is 6.04 Å².